The van der Waals surface area contributed by atoms with E-state index in [1.165, 1.54) is 10.8 Å². The summed E-state index contributed by atoms with van der Waals surface area (Å²) in [4.78, 5) is 25.0. The minimum absolute atomic E-state index is 0.00453. The van der Waals surface area contributed by atoms with Crippen LogP contribution in [0.15, 0.2) is 40.1 Å². The topological polar surface area (TPSA) is 64.1 Å². The third-order valence-electron chi connectivity index (χ3n) is 3.08. The Kier molecular flexibility index (Phi) is 2.91. The molecule has 0 aliphatic carbocycles. The zero-order valence-corrected chi connectivity index (χ0v) is 10.7. The van der Waals surface area contributed by atoms with Crippen LogP contribution in [0, 0.1) is 0 Å². The maximum absolute atomic E-state index is 11.6. The molecule has 2 heterocycles. The number of rotatable bonds is 2. The molecule has 0 amide bonds. The van der Waals surface area contributed by atoms with Crippen LogP contribution in [0.25, 0.3) is 0 Å². The minimum Gasteiger partial charge on any atom is -0.488 e. The number of nitrogens with zero attached hydrogens (tertiary/aromatic N) is 1. The summed E-state index contributed by atoms with van der Waals surface area (Å²) in [6, 6.07) is 7.76. The summed E-state index contributed by atoms with van der Waals surface area (Å²) in [6.45, 7) is 0.351. The molecule has 5 nitrogen and oxygen atoms in total. The molecule has 1 N–H and O–H groups in total. The highest BCUT2D eigenvalue weighted by molar-refractivity contribution is 6.30. The van der Waals surface area contributed by atoms with Crippen molar-refractivity contribution < 1.29 is 4.74 Å². The minimum atomic E-state index is -0.571. The van der Waals surface area contributed by atoms with Crippen molar-refractivity contribution in [3.8, 4) is 5.75 Å². The van der Waals surface area contributed by atoms with Crippen molar-refractivity contribution >= 4 is 11.6 Å². The lowest BCUT2D eigenvalue weighted by atomic mass is 10.1. The lowest BCUT2D eigenvalue weighted by Gasteiger charge is -2.12. The van der Waals surface area contributed by atoms with Gasteiger partial charge in [0, 0.05) is 12.6 Å². The van der Waals surface area contributed by atoms with Crippen LogP contribution in [-0.4, -0.2) is 15.7 Å². The van der Waals surface area contributed by atoms with E-state index in [0.29, 0.717) is 6.54 Å². The van der Waals surface area contributed by atoms with Crippen molar-refractivity contribution in [2.24, 2.45) is 0 Å². The Morgan fingerprint density at radius 1 is 1.37 bits per heavy atom. The van der Waals surface area contributed by atoms with Gasteiger partial charge >= 0.3 is 5.69 Å². The molecular weight excluding hydrogens is 268 g/mol. The monoisotopic (exact) mass is 278 g/mol. The van der Waals surface area contributed by atoms with Gasteiger partial charge in [0.1, 0.15) is 16.9 Å². The number of benzene rings is 1. The fraction of sp³-hybridized carbons (Fsp3) is 0.231. The van der Waals surface area contributed by atoms with Gasteiger partial charge < -0.3 is 4.74 Å². The van der Waals surface area contributed by atoms with Crippen LogP contribution in [0.2, 0.25) is 5.02 Å². The Balaban J connectivity index is 1.83. The second-order valence-corrected chi connectivity index (χ2v) is 4.85. The molecule has 1 aromatic heterocycles. The Labute approximate surface area is 113 Å². The van der Waals surface area contributed by atoms with E-state index >= 15 is 0 Å². The SMILES string of the molecule is O=c1[nH]c(=O)n(C[C@@H]2Cc3ccccc3O2)cc1Cl. The first-order chi connectivity index (χ1) is 9.13. The van der Waals surface area contributed by atoms with Crippen molar-refractivity contribution in [3.05, 3.63) is 61.9 Å². The van der Waals surface area contributed by atoms with E-state index in [-0.39, 0.29) is 11.1 Å². The number of hydrogen-bond donors (Lipinski definition) is 1. The van der Waals surface area contributed by atoms with E-state index in [0.717, 1.165) is 17.7 Å². The molecular formula is C13H11ClN2O3. The molecule has 0 spiro atoms. The van der Waals surface area contributed by atoms with Crippen LogP contribution in [0.4, 0.5) is 0 Å². The van der Waals surface area contributed by atoms with E-state index in [1.54, 1.807) is 0 Å². The summed E-state index contributed by atoms with van der Waals surface area (Å²) in [7, 11) is 0. The van der Waals surface area contributed by atoms with E-state index in [9.17, 15) is 9.59 Å². The van der Waals surface area contributed by atoms with Gasteiger partial charge in [-0.1, -0.05) is 29.8 Å². The third-order valence-corrected chi connectivity index (χ3v) is 3.35. The largest absolute Gasteiger partial charge is 0.488 e. The molecule has 98 valence electrons. The summed E-state index contributed by atoms with van der Waals surface area (Å²) < 4.78 is 7.10. The summed E-state index contributed by atoms with van der Waals surface area (Å²) in [5.41, 5.74) is 0.0727. The average Bonchev–Trinajstić information content (AvgIpc) is 2.78. The Bertz CT molecular complexity index is 710. The van der Waals surface area contributed by atoms with E-state index in [4.69, 9.17) is 16.3 Å². The number of ether oxygens (including phenoxy) is 1. The second-order valence-electron chi connectivity index (χ2n) is 4.44. The van der Waals surface area contributed by atoms with E-state index < -0.39 is 11.2 Å². The highest BCUT2D eigenvalue weighted by atomic mass is 35.5. The molecule has 0 bridgehead atoms. The van der Waals surface area contributed by atoms with Crippen molar-refractivity contribution in [1.29, 1.82) is 0 Å². The summed E-state index contributed by atoms with van der Waals surface area (Å²) in [5, 5.41) is -0.00453. The molecule has 0 fully saturated rings. The number of halogens is 1. The van der Waals surface area contributed by atoms with Gasteiger partial charge in [-0.3, -0.25) is 14.3 Å². The van der Waals surface area contributed by atoms with Gasteiger partial charge in [-0.15, -0.1) is 0 Å². The number of H-pyrrole nitrogens is 1. The Hall–Kier alpha value is -2.01. The fourth-order valence-corrected chi connectivity index (χ4v) is 2.36. The molecule has 0 radical (unpaired) electrons. The Morgan fingerprint density at radius 3 is 2.95 bits per heavy atom. The normalized spacial score (nSPS) is 17.0. The average molecular weight is 279 g/mol. The number of fused-ring (bicyclic) bond motifs is 1. The predicted octanol–water partition coefficient (Wildman–Crippen LogP) is 1.19. The van der Waals surface area contributed by atoms with Crippen molar-refractivity contribution in [2.75, 3.05) is 0 Å². The second kappa shape index (κ2) is 4.59. The van der Waals surface area contributed by atoms with Crippen LogP contribution in [0.3, 0.4) is 0 Å². The molecule has 1 atom stereocenters. The number of nitrogens with one attached hydrogen (secondary N) is 1. The summed E-state index contributed by atoms with van der Waals surface area (Å²) in [6.07, 6.45) is 1.95. The standard InChI is InChI=1S/C13H11ClN2O3/c14-10-7-16(13(18)15-12(10)17)6-9-5-8-3-1-2-4-11(8)19-9/h1-4,7,9H,5-6H2,(H,15,17,18)/t9-/m0/s1. The molecule has 0 unspecified atom stereocenters. The van der Waals surface area contributed by atoms with Gasteiger partial charge in [-0.2, -0.15) is 0 Å². The first-order valence-electron chi connectivity index (χ1n) is 5.87. The smallest absolute Gasteiger partial charge is 0.328 e. The first-order valence-corrected chi connectivity index (χ1v) is 6.25. The Morgan fingerprint density at radius 2 is 2.16 bits per heavy atom. The predicted molar refractivity (Wildman–Crippen MR) is 70.9 cm³/mol. The van der Waals surface area contributed by atoms with Gasteiger partial charge in [0.25, 0.3) is 5.56 Å². The molecule has 1 aliphatic rings. The molecule has 0 saturated heterocycles. The van der Waals surface area contributed by atoms with Crippen LogP contribution >= 0.6 is 11.6 Å². The number of aromatic amines is 1. The molecule has 1 aliphatic heterocycles. The van der Waals surface area contributed by atoms with E-state index in [1.807, 2.05) is 24.3 Å². The quantitative estimate of drug-likeness (QED) is 0.898. The van der Waals surface area contributed by atoms with Gasteiger partial charge in [-0.25, -0.2) is 4.79 Å². The first kappa shape index (κ1) is 12.0. The maximum Gasteiger partial charge on any atom is 0.328 e. The highest BCUT2D eigenvalue weighted by Crippen LogP contribution is 2.28. The number of hydrogen-bond acceptors (Lipinski definition) is 3. The van der Waals surface area contributed by atoms with Crippen molar-refractivity contribution in [1.82, 2.24) is 9.55 Å². The molecule has 1 aromatic carbocycles. The van der Waals surface area contributed by atoms with Crippen molar-refractivity contribution in [2.45, 2.75) is 19.1 Å². The zero-order valence-electron chi connectivity index (χ0n) is 9.93. The zero-order chi connectivity index (χ0) is 13.4. The van der Waals surface area contributed by atoms with Crippen LogP contribution < -0.4 is 16.0 Å². The molecule has 3 rings (SSSR count). The van der Waals surface area contributed by atoms with Crippen LogP contribution in [0.1, 0.15) is 5.56 Å². The maximum atomic E-state index is 11.6. The van der Waals surface area contributed by atoms with Crippen molar-refractivity contribution in [3.63, 3.8) is 0 Å². The van der Waals surface area contributed by atoms with Gasteiger partial charge in [0.15, 0.2) is 0 Å². The molecule has 0 saturated carbocycles. The lowest BCUT2D eigenvalue weighted by molar-refractivity contribution is 0.206. The summed E-state index contributed by atoms with van der Waals surface area (Å²) in [5.74, 6) is 0.844. The molecule has 6 heteroatoms. The van der Waals surface area contributed by atoms with E-state index in [2.05, 4.69) is 4.98 Å². The molecule has 19 heavy (non-hydrogen) atoms. The fourth-order valence-electron chi connectivity index (χ4n) is 2.19. The van der Waals surface area contributed by atoms with Crippen LogP contribution in [0.5, 0.6) is 5.75 Å². The van der Waals surface area contributed by atoms with Crippen LogP contribution in [-0.2, 0) is 13.0 Å². The number of aromatic nitrogens is 2. The lowest BCUT2D eigenvalue weighted by Crippen LogP contribution is -2.34. The summed E-state index contributed by atoms with van der Waals surface area (Å²) >= 11 is 5.72. The molecule has 2 aromatic rings. The van der Waals surface area contributed by atoms with Gasteiger partial charge in [0.05, 0.1) is 6.54 Å². The number of para-hydroxylation sites is 1. The van der Waals surface area contributed by atoms with Gasteiger partial charge in [-0.05, 0) is 11.6 Å². The highest BCUT2D eigenvalue weighted by Gasteiger charge is 2.23. The third kappa shape index (κ3) is 2.29. The van der Waals surface area contributed by atoms with Gasteiger partial charge in [0.2, 0.25) is 0 Å².